The van der Waals surface area contributed by atoms with Crippen LogP contribution in [0.25, 0.3) is 0 Å². The Kier molecular flexibility index (Phi) is 3.51. The second kappa shape index (κ2) is 5.43. The van der Waals surface area contributed by atoms with Crippen molar-refractivity contribution in [1.29, 1.82) is 0 Å². The first-order chi connectivity index (χ1) is 11.1. The molecule has 0 fully saturated rings. The van der Waals surface area contributed by atoms with E-state index in [4.69, 9.17) is 23.1 Å². The largest absolute Gasteiger partial charge is 0.397 e. The number of anilines is 2. The van der Waals surface area contributed by atoms with Crippen molar-refractivity contribution in [2.24, 2.45) is 0 Å². The van der Waals surface area contributed by atoms with Crippen molar-refractivity contribution in [2.75, 3.05) is 25.1 Å². The Morgan fingerprint density at radius 1 is 1.09 bits per heavy atom. The zero-order chi connectivity index (χ0) is 16.1. The van der Waals surface area contributed by atoms with Crippen LogP contribution in [0.2, 0.25) is 5.02 Å². The molecule has 0 radical (unpaired) electrons. The summed E-state index contributed by atoms with van der Waals surface area (Å²) in [4.78, 5) is 2.48. The molecule has 0 saturated heterocycles. The SMILES string of the molecule is CN1CCc2cc(Cl)c(N)c(N)c2[C@H]2c3ccccc3CC[C@@H]21. The number of hydrogen-bond acceptors (Lipinski definition) is 3. The van der Waals surface area contributed by atoms with E-state index in [9.17, 15) is 0 Å². The van der Waals surface area contributed by atoms with Crippen molar-refractivity contribution in [3.63, 3.8) is 0 Å². The molecule has 23 heavy (non-hydrogen) atoms. The van der Waals surface area contributed by atoms with E-state index in [2.05, 4.69) is 36.2 Å². The van der Waals surface area contributed by atoms with Gasteiger partial charge < -0.3 is 16.4 Å². The summed E-state index contributed by atoms with van der Waals surface area (Å²) in [5, 5.41) is 0.575. The predicted octanol–water partition coefficient (Wildman–Crippen LogP) is 3.44. The fourth-order valence-electron chi connectivity index (χ4n) is 4.36. The van der Waals surface area contributed by atoms with E-state index in [-0.39, 0.29) is 5.92 Å². The smallest absolute Gasteiger partial charge is 0.0740 e. The number of halogens is 1. The van der Waals surface area contributed by atoms with E-state index in [1.807, 2.05) is 6.07 Å². The van der Waals surface area contributed by atoms with Crippen LogP contribution in [0.15, 0.2) is 30.3 Å². The van der Waals surface area contributed by atoms with Crippen LogP contribution in [0.1, 0.15) is 34.6 Å². The van der Waals surface area contributed by atoms with Gasteiger partial charge in [-0.2, -0.15) is 0 Å². The molecule has 2 aliphatic rings. The van der Waals surface area contributed by atoms with Crippen molar-refractivity contribution >= 4 is 23.0 Å². The van der Waals surface area contributed by atoms with E-state index in [1.165, 1.54) is 22.3 Å². The molecule has 4 N–H and O–H groups in total. The molecule has 1 heterocycles. The van der Waals surface area contributed by atoms with Crippen molar-refractivity contribution in [3.8, 4) is 0 Å². The van der Waals surface area contributed by atoms with Crippen LogP contribution in [0.5, 0.6) is 0 Å². The van der Waals surface area contributed by atoms with Gasteiger partial charge >= 0.3 is 0 Å². The van der Waals surface area contributed by atoms with Gasteiger partial charge in [0.15, 0.2) is 0 Å². The average molecular weight is 328 g/mol. The van der Waals surface area contributed by atoms with E-state index < -0.39 is 0 Å². The number of likely N-dealkylation sites (N-methyl/N-ethyl adjacent to an activating group) is 1. The summed E-state index contributed by atoms with van der Waals surface area (Å²) in [6.45, 7) is 1.02. The van der Waals surface area contributed by atoms with E-state index >= 15 is 0 Å². The lowest BCUT2D eigenvalue weighted by molar-refractivity contribution is 0.214. The third kappa shape index (κ3) is 2.22. The molecule has 0 unspecified atom stereocenters. The second-order valence-electron chi connectivity index (χ2n) is 6.77. The summed E-state index contributed by atoms with van der Waals surface area (Å²) in [5.41, 5.74) is 19.1. The molecule has 0 amide bonds. The highest BCUT2D eigenvalue weighted by atomic mass is 35.5. The van der Waals surface area contributed by atoms with Gasteiger partial charge in [-0.1, -0.05) is 35.9 Å². The van der Waals surface area contributed by atoms with Gasteiger partial charge in [0.25, 0.3) is 0 Å². The standard InChI is InChI=1S/C19H22ClN3/c1-23-9-8-12-10-14(20)18(21)19(22)16(12)17-13-5-3-2-4-11(13)6-7-15(17)23/h2-5,10,15,17H,6-9,21-22H2,1H3/t15-,17-/m0/s1. The number of nitrogen functional groups attached to an aromatic ring is 2. The molecule has 1 aliphatic heterocycles. The van der Waals surface area contributed by atoms with Crippen molar-refractivity contribution < 1.29 is 0 Å². The number of nitrogens with zero attached hydrogens (tertiary/aromatic N) is 1. The van der Waals surface area contributed by atoms with Gasteiger partial charge in [-0.3, -0.25) is 0 Å². The molecule has 1 aliphatic carbocycles. The number of hydrogen-bond donors (Lipinski definition) is 2. The van der Waals surface area contributed by atoms with E-state index in [0.717, 1.165) is 25.8 Å². The Morgan fingerprint density at radius 2 is 1.87 bits per heavy atom. The number of benzene rings is 2. The van der Waals surface area contributed by atoms with Gasteiger partial charge in [0, 0.05) is 18.5 Å². The molecular formula is C19H22ClN3. The Bertz CT molecular complexity index is 771. The van der Waals surface area contributed by atoms with Crippen LogP contribution in [0.4, 0.5) is 11.4 Å². The summed E-state index contributed by atoms with van der Waals surface area (Å²) in [7, 11) is 2.22. The highest BCUT2D eigenvalue weighted by molar-refractivity contribution is 6.33. The van der Waals surface area contributed by atoms with Crippen LogP contribution in [0.3, 0.4) is 0 Å². The molecule has 120 valence electrons. The van der Waals surface area contributed by atoms with Gasteiger partial charge in [-0.05, 0) is 54.6 Å². The first kappa shape index (κ1) is 14.9. The van der Waals surface area contributed by atoms with E-state index in [0.29, 0.717) is 22.4 Å². The van der Waals surface area contributed by atoms with Crippen molar-refractivity contribution in [2.45, 2.75) is 31.2 Å². The Hall–Kier alpha value is -1.71. The van der Waals surface area contributed by atoms with Crippen LogP contribution in [-0.2, 0) is 12.8 Å². The van der Waals surface area contributed by atoms with Crippen LogP contribution >= 0.6 is 11.6 Å². The average Bonchev–Trinajstić information content (AvgIpc) is 2.70. The minimum Gasteiger partial charge on any atom is -0.397 e. The van der Waals surface area contributed by atoms with Gasteiger partial charge in [0.1, 0.15) is 0 Å². The summed E-state index contributed by atoms with van der Waals surface area (Å²) in [6.07, 6.45) is 3.24. The van der Waals surface area contributed by atoms with Crippen molar-refractivity contribution in [1.82, 2.24) is 4.90 Å². The molecule has 2 atom stereocenters. The zero-order valence-corrected chi connectivity index (χ0v) is 14.1. The third-order valence-electron chi connectivity index (χ3n) is 5.58. The highest BCUT2D eigenvalue weighted by Gasteiger charge is 2.38. The minimum absolute atomic E-state index is 0.280. The molecule has 0 bridgehead atoms. The number of fused-ring (bicyclic) bond motifs is 5. The Balaban J connectivity index is 2.00. The molecule has 0 saturated carbocycles. The lowest BCUT2D eigenvalue weighted by atomic mass is 9.74. The topological polar surface area (TPSA) is 55.3 Å². The maximum Gasteiger partial charge on any atom is 0.0740 e. The molecule has 2 aromatic rings. The fraction of sp³-hybridized carbons (Fsp3) is 0.368. The Morgan fingerprint density at radius 3 is 2.70 bits per heavy atom. The van der Waals surface area contributed by atoms with Crippen LogP contribution in [0, 0.1) is 0 Å². The summed E-state index contributed by atoms with van der Waals surface area (Å²) >= 11 is 6.30. The number of rotatable bonds is 0. The van der Waals surface area contributed by atoms with Gasteiger partial charge in [0.2, 0.25) is 0 Å². The molecule has 4 rings (SSSR count). The molecule has 4 heteroatoms. The summed E-state index contributed by atoms with van der Waals surface area (Å²) < 4.78 is 0. The maximum atomic E-state index is 6.46. The van der Waals surface area contributed by atoms with Crippen molar-refractivity contribution in [3.05, 3.63) is 57.6 Å². The normalized spacial score (nSPS) is 23.6. The van der Waals surface area contributed by atoms with Gasteiger partial charge in [0.05, 0.1) is 16.4 Å². The lowest BCUT2D eigenvalue weighted by Gasteiger charge is -2.38. The summed E-state index contributed by atoms with van der Waals surface area (Å²) in [6, 6.07) is 11.2. The van der Waals surface area contributed by atoms with Crippen LogP contribution in [-0.4, -0.2) is 24.5 Å². The van der Waals surface area contributed by atoms with E-state index in [1.54, 1.807) is 0 Å². The molecular weight excluding hydrogens is 306 g/mol. The Labute approximate surface area is 142 Å². The molecule has 0 spiro atoms. The van der Waals surface area contributed by atoms with Crippen LogP contribution < -0.4 is 11.5 Å². The zero-order valence-electron chi connectivity index (χ0n) is 13.3. The number of aryl methyl sites for hydroxylation is 1. The van der Waals surface area contributed by atoms with Gasteiger partial charge in [-0.25, -0.2) is 0 Å². The quantitative estimate of drug-likeness (QED) is 0.729. The highest BCUT2D eigenvalue weighted by Crippen LogP contribution is 2.46. The third-order valence-corrected chi connectivity index (χ3v) is 5.89. The molecule has 0 aromatic heterocycles. The number of nitrogens with two attached hydrogens (primary N) is 2. The monoisotopic (exact) mass is 327 g/mol. The predicted molar refractivity (Wildman–Crippen MR) is 97.0 cm³/mol. The first-order valence-electron chi connectivity index (χ1n) is 8.22. The lowest BCUT2D eigenvalue weighted by Crippen LogP contribution is -2.39. The summed E-state index contributed by atoms with van der Waals surface area (Å²) in [5.74, 6) is 0.280. The second-order valence-corrected chi connectivity index (χ2v) is 7.18. The first-order valence-corrected chi connectivity index (χ1v) is 8.60. The fourth-order valence-corrected chi connectivity index (χ4v) is 4.59. The molecule has 2 aromatic carbocycles. The maximum absolute atomic E-state index is 6.46. The minimum atomic E-state index is 0.280. The van der Waals surface area contributed by atoms with Gasteiger partial charge in [-0.15, -0.1) is 0 Å². The molecule has 3 nitrogen and oxygen atoms in total.